The zero-order chi connectivity index (χ0) is 18.1. The van der Waals surface area contributed by atoms with Crippen LogP contribution in [0.25, 0.3) is 28.1 Å². The van der Waals surface area contributed by atoms with Gasteiger partial charge in [-0.2, -0.15) is 10.2 Å². The Morgan fingerprint density at radius 1 is 1.04 bits per heavy atom. The number of aromatic hydroxyl groups is 1. The third kappa shape index (κ3) is 2.61. The Hall–Kier alpha value is -3.54. The third-order valence-corrected chi connectivity index (χ3v) is 4.42. The summed E-state index contributed by atoms with van der Waals surface area (Å²) in [5.74, 6) is 0.814. The molecule has 130 valence electrons. The maximum atomic E-state index is 10.6. The maximum absolute atomic E-state index is 10.6. The van der Waals surface area contributed by atoms with Crippen LogP contribution in [-0.2, 0) is 0 Å². The zero-order valence-corrected chi connectivity index (χ0v) is 14.5. The molecule has 0 unspecified atom stereocenters. The first-order valence-corrected chi connectivity index (χ1v) is 8.20. The van der Waals surface area contributed by atoms with E-state index in [2.05, 4.69) is 15.3 Å². The van der Waals surface area contributed by atoms with Gasteiger partial charge in [0, 0.05) is 28.5 Å². The molecule has 2 aromatic carbocycles. The smallest absolute Gasteiger partial charge is 0.131 e. The van der Waals surface area contributed by atoms with Crippen molar-refractivity contribution in [2.24, 2.45) is 0 Å². The number of benzene rings is 2. The van der Waals surface area contributed by atoms with Gasteiger partial charge < -0.3 is 9.84 Å². The lowest BCUT2D eigenvalue weighted by atomic mass is 10.0. The van der Waals surface area contributed by atoms with Crippen LogP contribution in [0.3, 0.4) is 0 Å². The third-order valence-electron chi connectivity index (χ3n) is 4.42. The molecule has 0 spiro atoms. The molecule has 6 heteroatoms. The van der Waals surface area contributed by atoms with Crippen LogP contribution in [0.1, 0.15) is 5.56 Å². The summed E-state index contributed by atoms with van der Waals surface area (Å²) in [5, 5.41) is 22.2. The highest BCUT2D eigenvalue weighted by atomic mass is 16.5. The van der Waals surface area contributed by atoms with Gasteiger partial charge in [-0.05, 0) is 31.2 Å². The van der Waals surface area contributed by atoms with Crippen molar-refractivity contribution in [3.63, 3.8) is 0 Å². The first-order valence-electron chi connectivity index (χ1n) is 8.20. The van der Waals surface area contributed by atoms with E-state index in [4.69, 9.17) is 4.74 Å². The highest BCUT2D eigenvalue weighted by Gasteiger charge is 2.17. The average Bonchev–Trinajstić information content (AvgIpc) is 3.34. The van der Waals surface area contributed by atoms with Crippen LogP contribution in [0.2, 0.25) is 0 Å². The van der Waals surface area contributed by atoms with Gasteiger partial charge in [0.05, 0.1) is 30.9 Å². The highest BCUT2D eigenvalue weighted by molar-refractivity contribution is 5.83. The minimum atomic E-state index is 0.172. The normalized spacial score (nSPS) is 10.8. The Balaban J connectivity index is 1.77. The van der Waals surface area contributed by atoms with Gasteiger partial charge in [0.1, 0.15) is 11.5 Å². The van der Waals surface area contributed by atoms with Gasteiger partial charge in [-0.3, -0.25) is 5.10 Å². The molecular formula is C20H18N4O2. The molecule has 26 heavy (non-hydrogen) atoms. The minimum Gasteiger partial charge on any atom is -0.507 e. The number of ether oxygens (including phenoxy) is 1. The number of methoxy groups -OCH3 is 1. The first-order chi connectivity index (χ1) is 12.7. The van der Waals surface area contributed by atoms with Gasteiger partial charge >= 0.3 is 0 Å². The lowest BCUT2D eigenvalue weighted by Gasteiger charge is -2.11. The Morgan fingerprint density at radius 2 is 1.85 bits per heavy atom. The number of nitrogens with one attached hydrogen (secondary N) is 1. The number of H-pyrrole nitrogens is 1. The molecular weight excluding hydrogens is 328 g/mol. The van der Waals surface area contributed by atoms with E-state index in [1.165, 1.54) is 0 Å². The lowest BCUT2D eigenvalue weighted by Crippen LogP contribution is -1.92. The molecule has 0 aliphatic carbocycles. The molecule has 0 bridgehead atoms. The fourth-order valence-corrected chi connectivity index (χ4v) is 3.00. The largest absolute Gasteiger partial charge is 0.507 e. The molecule has 6 nitrogen and oxygen atoms in total. The molecule has 2 aromatic heterocycles. The van der Waals surface area contributed by atoms with E-state index in [9.17, 15) is 5.11 Å². The van der Waals surface area contributed by atoms with Crippen molar-refractivity contribution in [1.29, 1.82) is 0 Å². The number of para-hydroxylation sites is 1. The molecule has 4 rings (SSSR count). The topological polar surface area (TPSA) is 76.0 Å². The van der Waals surface area contributed by atoms with Crippen molar-refractivity contribution >= 4 is 0 Å². The Morgan fingerprint density at radius 3 is 2.62 bits per heavy atom. The number of phenols is 1. The maximum Gasteiger partial charge on any atom is 0.131 e. The Bertz CT molecular complexity index is 1050. The van der Waals surface area contributed by atoms with Crippen molar-refractivity contribution in [3.05, 3.63) is 66.6 Å². The van der Waals surface area contributed by atoms with Gasteiger partial charge in [-0.1, -0.05) is 18.2 Å². The molecule has 0 radical (unpaired) electrons. The number of hydrogen-bond acceptors (Lipinski definition) is 4. The van der Waals surface area contributed by atoms with Crippen molar-refractivity contribution in [1.82, 2.24) is 20.0 Å². The van der Waals surface area contributed by atoms with Crippen LogP contribution >= 0.6 is 0 Å². The number of rotatable bonds is 4. The van der Waals surface area contributed by atoms with Crippen LogP contribution in [0.4, 0.5) is 0 Å². The monoisotopic (exact) mass is 346 g/mol. The van der Waals surface area contributed by atoms with Gasteiger partial charge in [-0.15, -0.1) is 0 Å². The molecule has 0 fully saturated rings. The van der Waals surface area contributed by atoms with Gasteiger partial charge in [-0.25, -0.2) is 4.68 Å². The van der Waals surface area contributed by atoms with E-state index >= 15 is 0 Å². The van der Waals surface area contributed by atoms with Crippen molar-refractivity contribution in [3.8, 4) is 39.6 Å². The summed E-state index contributed by atoms with van der Waals surface area (Å²) in [4.78, 5) is 0. The van der Waals surface area contributed by atoms with Crippen LogP contribution in [0.15, 0.2) is 61.1 Å². The quantitative estimate of drug-likeness (QED) is 0.587. The molecule has 0 saturated carbocycles. The Kier molecular flexibility index (Phi) is 3.93. The van der Waals surface area contributed by atoms with Crippen molar-refractivity contribution in [2.75, 3.05) is 7.11 Å². The summed E-state index contributed by atoms with van der Waals surface area (Å²) < 4.78 is 7.08. The van der Waals surface area contributed by atoms with Gasteiger partial charge in [0.2, 0.25) is 0 Å². The Labute approximate surface area is 150 Å². The van der Waals surface area contributed by atoms with E-state index in [1.807, 2.05) is 60.3 Å². The van der Waals surface area contributed by atoms with Gasteiger partial charge in [0.15, 0.2) is 0 Å². The average molecular weight is 346 g/mol. The predicted octanol–water partition coefficient (Wildman–Crippen LogP) is 3.95. The van der Waals surface area contributed by atoms with Gasteiger partial charge in [0.25, 0.3) is 0 Å². The van der Waals surface area contributed by atoms with E-state index in [1.54, 1.807) is 19.5 Å². The van der Waals surface area contributed by atoms with Crippen LogP contribution in [-0.4, -0.2) is 32.2 Å². The summed E-state index contributed by atoms with van der Waals surface area (Å²) in [6.45, 7) is 1.82. The van der Waals surface area contributed by atoms with Crippen LogP contribution in [0.5, 0.6) is 11.5 Å². The lowest BCUT2D eigenvalue weighted by molar-refractivity contribution is 0.403. The fourth-order valence-electron chi connectivity index (χ4n) is 3.00. The standard InChI is InChI=1S/C20H18N4O2/c1-13-18(26-2)9-8-16(20(13)25)19-17(11-21-23-19)14-10-22-24(12-14)15-6-4-3-5-7-15/h3-12,25H,1-2H3,(H,21,23). The summed E-state index contributed by atoms with van der Waals surface area (Å²) in [7, 11) is 1.58. The number of nitrogens with zero attached hydrogens (tertiary/aromatic N) is 3. The second-order valence-electron chi connectivity index (χ2n) is 5.96. The molecule has 0 aliphatic rings. The second-order valence-corrected chi connectivity index (χ2v) is 5.96. The summed E-state index contributed by atoms with van der Waals surface area (Å²) >= 11 is 0. The first kappa shape index (κ1) is 16.0. The van der Waals surface area contributed by atoms with E-state index in [-0.39, 0.29) is 5.75 Å². The van der Waals surface area contributed by atoms with E-state index in [0.717, 1.165) is 22.5 Å². The highest BCUT2D eigenvalue weighted by Crippen LogP contribution is 2.39. The number of hydrogen-bond donors (Lipinski definition) is 2. The van der Waals surface area contributed by atoms with E-state index in [0.29, 0.717) is 16.9 Å². The second kappa shape index (κ2) is 6.40. The van der Waals surface area contributed by atoms with Crippen molar-refractivity contribution < 1.29 is 9.84 Å². The van der Waals surface area contributed by atoms with Crippen molar-refractivity contribution in [2.45, 2.75) is 6.92 Å². The molecule has 0 aliphatic heterocycles. The predicted molar refractivity (Wildman–Crippen MR) is 99.5 cm³/mol. The fraction of sp³-hybridized carbons (Fsp3) is 0.100. The van der Waals surface area contributed by atoms with E-state index < -0.39 is 0 Å². The zero-order valence-electron chi connectivity index (χ0n) is 14.5. The minimum absolute atomic E-state index is 0.172. The molecule has 2 heterocycles. The van der Waals surface area contributed by atoms with Crippen LogP contribution < -0.4 is 4.74 Å². The van der Waals surface area contributed by atoms with Crippen LogP contribution in [0, 0.1) is 6.92 Å². The molecule has 0 atom stereocenters. The molecule has 0 saturated heterocycles. The molecule has 0 amide bonds. The summed E-state index contributed by atoms with van der Waals surface area (Å²) in [5.41, 5.74) is 4.85. The number of aromatic nitrogens is 4. The number of phenolic OH excluding ortho intramolecular Hbond substituents is 1. The summed E-state index contributed by atoms with van der Waals surface area (Å²) in [6.07, 6.45) is 5.46. The molecule has 2 N–H and O–H groups in total. The number of aromatic amines is 1. The summed E-state index contributed by atoms with van der Waals surface area (Å²) in [6, 6.07) is 13.5. The SMILES string of the molecule is COc1ccc(-c2[nH]ncc2-c2cnn(-c3ccccc3)c2)c(O)c1C. The molecule has 4 aromatic rings.